The second-order valence-electron chi connectivity index (χ2n) is 8.41. The first kappa shape index (κ1) is 15.8. The van der Waals surface area contributed by atoms with Crippen LogP contribution in [0.5, 0.6) is 0 Å². The molecule has 2 rings (SSSR count). The van der Waals surface area contributed by atoms with Gasteiger partial charge in [0.2, 0.25) is 5.91 Å². The molecule has 1 aliphatic heterocycles. The van der Waals surface area contributed by atoms with Crippen molar-refractivity contribution in [3.05, 3.63) is 0 Å². The summed E-state index contributed by atoms with van der Waals surface area (Å²) in [4.78, 5) is 14.6. The van der Waals surface area contributed by atoms with Crippen LogP contribution in [-0.4, -0.2) is 36.1 Å². The molecule has 0 aromatic heterocycles. The van der Waals surface area contributed by atoms with E-state index in [2.05, 4.69) is 34.6 Å². The number of carbonyl (C=O) groups is 1. The molecule has 1 heterocycles. The SMILES string of the molecule is C[C@H]1C[C@H](CC(=O)N2CCOC(C)(C)C2)CC(C)(C)C1. The van der Waals surface area contributed by atoms with Gasteiger partial charge in [-0.1, -0.05) is 20.8 Å². The summed E-state index contributed by atoms with van der Waals surface area (Å²) in [6, 6.07) is 0. The smallest absolute Gasteiger partial charge is 0.223 e. The van der Waals surface area contributed by atoms with E-state index in [4.69, 9.17) is 4.74 Å². The molecule has 1 saturated heterocycles. The average Bonchev–Trinajstić information content (AvgIpc) is 2.24. The van der Waals surface area contributed by atoms with E-state index in [1.807, 2.05) is 4.90 Å². The number of ether oxygens (including phenoxy) is 1. The van der Waals surface area contributed by atoms with Gasteiger partial charge in [0.15, 0.2) is 0 Å². The molecule has 2 fully saturated rings. The van der Waals surface area contributed by atoms with Crippen molar-refractivity contribution in [1.82, 2.24) is 4.90 Å². The molecule has 1 amide bonds. The van der Waals surface area contributed by atoms with E-state index in [9.17, 15) is 4.79 Å². The molecule has 2 aliphatic rings. The fraction of sp³-hybridized carbons (Fsp3) is 0.941. The Morgan fingerprint density at radius 1 is 1.25 bits per heavy atom. The summed E-state index contributed by atoms with van der Waals surface area (Å²) in [5.74, 6) is 1.64. The Labute approximate surface area is 124 Å². The molecule has 3 nitrogen and oxygen atoms in total. The monoisotopic (exact) mass is 281 g/mol. The van der Waals surface area contributed by atoms with Crippen LogP contribution >= 0.6 is 0 Å². The van der Waals surface area contributed by atoms with Crippen LogP contribution in [0, 0.1) is 17.3 Å². The standard InChI is InChI=1S/C17H31NO2/c1-13-8-14(11-16(2,3)10-13)9-15(19)18-6-7-20-17(4,5)12-18/h13-14H,6-12H2,1-5H3/t13-,14+/m0/s1. The molecule has 0 unspecified atom stereocenters. The van der Waals surface area contributed by atoms with Crippen molar-refractivity contribution in [3.63, 3.8) is 0 Å². The van der Waals surface area contributed by atoms with E-state index >= 15 is 0 Å². The average molecular weight is 281 g/mol. The highest BCUT2D eigenvalue weighted by atomic mass is 16.5. The predicted octanol–water partition coefficient (Wildman–Crippen LogP) is 3.48. The molecule has 0 aromatic rings. The highest BCUT2D eigenvalue weighted by Gasteiger charge is 2.35. The first-order valence-electron chi connectivity index (χ1n) is 8.09. The zero-order valence-electron chi connectivity index (χ0n) is 13.9. The summed E-state index contributed by atoms with van der Waals surface area (Å²) in [7, 11) is 0. The summed E-state index contributed by atoms with van der Waals surface area (Å²) in [6.45, 7) is 13.3. The van der Waals surface area contributed by atoms with Gasteiger partial charge < -0.3 is 9.64 Å². The Balaban J connectivity index is 1.91. The maximum absolute atomic E-state index is 12.5. The minimum Gasteiger partial charge on any atom is -0.372 e. The minimum atomic E-state index is -0.187. The van der Waals surface area contributed by atoms with E-state index in [-0.39, 0.29) is 5.60 Å². The van der Waals surface area contributed by atoms with Gasteiger partial charge in [-0.25, -0.2) is 0 Å². The van der Waals surface area contributed by atoms with Gasteiger partial charge in [-0.15, -0.1) is 0 Å². The number of carbonyl (C=O) groups excluding carboxylic acids is 1. The van der Waals surface area contributed by atoms with E-state index in [0.717, 1.165) is 25.4 Å². The van der Waals surface area contributed by atoms with Gasteiger partial charge in [0, 0.05) is 19.5 Å². The number of rotatable bonds is 2. The van der Waals surface area contributed by atoms with Crippen molar-refractivity contribution in [2.24, 2.45) is 17.3 Å². The third-order valence-corrected chi connectivity index (χ3v) is 4.72. The van der Waals surface area contributed by atoms with Crippen molar-refractivity contribution in [2.45, 2.75) is 65.9 Å². The summed E-state index contributed by atoms with van der Waals surface area (Å²) >= 11 is 0. The summed E-state index contributed by atoms with van der Waals surface area (Å²) < 4.78 is 5.69. The molecule has 3 heteroatoms. The van der Waals surface area contributed by atoms with Crippen LogP contribution in [0.25, 0.3) is 0 Å². The molecular weight excluding hydrogens is 250 g/mol. The van der Waals surface area contributed by atoms with Gasteiger partial charge in [-0.3, -0.25) is 4.79 Å². The first-order valence-corrected chi connectivity index (χ1v) is 8.09. The highest BCUT2D eigenvalue weighted by molar-refractivity contribution is 5.76. The molecule has 0 aromatic carbocycles. The molecule has 1 aliphatic carbocycles. The van der Waals surface area contributed by atoms with Crippen LogP contribution in [0.4, 0.5) is 0 Å². The quantitative estimate of drug-likeness (QED) is 0.775. The van der Waals surface area contributed by atoms with E-state index < -0.39 is 0 Å². The zero-order valence-corrected chi connectivity index (χ0v) is 13.9. The lowest BCUT2D eigenvalue weighted by molar-refractivity contribution is -0.147. The van der Waals surface area contributed by atoms with E-state index in [0.29, 0.717) is 23.8 Å². The van der Waals surface area contributed by atoms with Crippen LogP contribution in [0.2, 0.25) is 0 Å². The molecule has 20 heavy (non-hydrogen) atoms. The summed E-state index contributed by atoms with van der Waals surface area (Å²) in [5, 5.41) is 0. The predicted molar refractivity (Wildman–Crippen MR) is 81.5 cm³/mol. The third kappa shape index (κ3) is 4.21. The normalized spacial score (nSPS) is 33.0. The Bertz CT molecular complexity index is 362. The molecule has 0 spiro atoms. The zero-order chi connectivity index (χ0) is 15.0. The lowest BCUT2D eigenvalue weighted by Gasteiger charge is -2.41. The summed E-state index contributed by atoms with van der Waals surface area (Å²) in [5.41, 5.74) is 0.208. The maximum atomic E-state index is 12.5. The Morgan fingerprint density at radius 2 is 1.95 bits per heavy atom. The van der Waals surface area contributed by atoms with Gasteiger partial charge in [-0.05, 0) is 50.4 Å². The van der Waals surface area contributed by atoms with Crippen molar-refractivity contribution in [2.75, 3.05) is 19.7 Å². The van der Waals surface area contributed by atoms with Crippen LogP contribution in [0.15, 0.2) is 0 Å². The van der Waals surface area contributed by atoms with Gasteiger partial charge in [0.05, 0.1) is 12.2 Å². The number of amides is 1. The lowest BCUT2D eigenvalue weighted by Crippen LogP contribution is -2.51. The summed E-state index contributed by atoms with van der Waals surface area (Å²) in [6.07, 6.45) is 4.42. The number of hydrogen-bond donors (Lipinski definition) is 0. The number of hydrogen-bond acceptors (Lipinski definition) is 2. The molecule has 116 valence electrons. The third-order valence-electron chi connectivity index (χ3n) is 4.72. The van der Waals surface area contributed by atoms with Gasteiger partial charge in [0.25, 0.3) is 0 Å². The van der Waals surface area contributed by atoms with E-state index in [1.165, 1.54) is 19.3 Å². The molecule has 2 atom stereocenters. The fourth-order valence-corrected chi connectivity index (χ4v) is 4.30. The lowest BCUT2D eigenvalue weighted by atomic mass is 9.67. The van der Waals surface area contributed by atoms with Gasteiger partial charge >= 0.3 is 0 Å². The molecule has 0 radical (unpaired) electrons. The number of morpholine rings is 1. The number of nitrogens with zero attached hydrogens (tertiary/aromatic N) is 1. The van der Waals surface area contributed by atoms with Crippen molar-refractivity contribution in [3.8, 4) is 0 Å². The van der Waals surface area contributed by atoms with Crippen molar-refractivity contribution < 1.29 is 9.53 Å². The maximum Gasteiger partial charge on any atom is 0.223 e. The van der Waals surface area contributed by atoms with E-state index in [1.54, 1.807) is 0 Å². The van der Waals surface area contributed by atoms with Crippen LogP contribution in [0.1, 0.15) is 60.3 Å². The molecule has 0 bridgehead atoms. The second kappa shape index (κ2) is 5.67. The first-order chi connectivity index (χ1) is 9.17. The van der Waals surface area contributed by atoms with Crippen LogP contribution < -0.4 is 0 Å². The minimum absolute atomic E-state index is 0.187. The Kier molecular flexibility index (Phi) is 4.48. The Morgan fingerprint density at radius 3 is 2.55 bits per heavy atom. The largest absolute Gasteiger partial charge is 0.372 e. The second-order valence-corrected chi connectivity index (χ2v) is 8.41. The highest BCUT2D eigenvalue weighted by Crippen LogP contribution is 2.43. The van der Waals surface area contributed by atoms with Crippen molar-refractivity contribution in [1.29, 1.82) is 0 Å². The van der Waals surface area contributed by atoms with Crippen molar-refractivity contribution >= 4 is 5.91 Å². The molecule has 1 saturated carbocycles. The molecule has 0 N–H and O–H groups in total. The van der Waals surface area contributed by atoms with Crippen LogP contribution in [0.3, 0.4) is 0 Å². The Hall–Kier alpha value is -0.570. The van der Waals surface area contributed by atoms with Crippen LogP contribution in [-0.2, 0) is 9.53 Å². The topological polar surface area (TPSA) is 29.5 Å². The van der Waals surface area contributed by atoms with Gasteiger partial charge in [-0.2, -0.15) is 0 Å². The molecular formula is C17H31NO2. The van der Waals surface area contributed by atoms with Gasteiger partial charge in [0.1, 0.15) is 0 Å². The fourth-order valence-electron chi connectivity index (χ4n) is 4.30.